The van der Waals surface area contributed by atoms with Crippen molar-refractivity contribution in [3.05, 3.63) is 59.7 Å². The van der Waals surface area contributed by atoms with Gasteiger partial charge in [0, 0.05) is 29.9 Å². The molecule has 0 aromatic heterocycles. The fourth-order valence-electron chi connectivity index (χ4n) is 3.19. The number of nitrogens with one attached hydrogen (secondary N) is 1. The Morgan fingerprint density at radius 3 is 2.70 bits per heavy atom. The number of morpholine rings is 1. The lowest BCUT2D eigenvalue weighted by Gasteiger charge is -2.27. The maximum absolute atomic E-state index is 12.7. The third kappa shape index (κ3) is 3.79. The molecule has 0 radical (unpaired) electrons. The van der Waals surface area contributed by atoms with Crippen molar-refractivity contribution in [2.75, 3.05) is 38.4 Å². The summed E-state index contributed by atoms with van der Waals surface area (Å²) < 4.78 is 16.2. The second-order valence-corrected chi connectivity index (χ2v) is 6.32. The minimum absolute atomic E-state index is 0.0185. The molecular formula is C20H20N2O5. The lowest BCUT2D eigenvalue weighted by Crippen LogP contribution is -2.40. The average molecular weight is 368 g/mol. The quantitative estimate of drug-likeness (QED) is 0.899. The van der Waals surface area contributed by atoms with Gasteiger partial charge in [-0.05, 0) is 24.3 Å². The zero-order chi connectivity index (χ0) is 18.6. The summed E-state index contributed by atoms with van der Waals surface area (Å²) in [6.07, 6.45) is -0.756. The number of carbonyl (C=O) groups is 2. The van der Waals surface area contributed by atoms with E-state index < -0.39 is 6.10 Å². The van der Waals surface area contributed by atoms with Crippen LogP contribution in [-0.4, -0.2) is 49.8 Å². The van der Waals surface area contributed by atoms with Gasteiger partial charge in [-0.1, -0.05) is 24.3 Å². The number of carbonyl (C=O) groups excluding carboxylic acids is 2. The highest BCUT2D eigenvalue weighted by atomic mass is 16.7. The zero-order valence-electron chi connectivity index (χ0n) is 14.7. The number of hydrogen-bond donors (Lipinski definition) is 1. The van der Waals surface area contributed by atoms with Gasteiger partial charge in [0.15, 0.2) is 12.9 Å². The first-order valence-electron chi connectivity index (χ1n) is 8.83. The molecule has 1 saturated heterocycles. The third-order valence-electron chi connectivity index (χ3n) is 4.56. The van der Waals surface area contributed by atoms with E-state index >= 15 is 0 Å². The fraction of sp³-hybridized carbons (Fsp3) is 0.300. The Balaban J connectivity index is 1.49. The van der Waals surface area contributed by atoms with Crippen molar-refractivity contribution in [2.24, 2.45) is 0 Å². The molecule has 1 fully saturated rings. The maximum Gasteiger partial charge on any atom is 0.258 e. The van der Waals surface area contributed by atoms with Gasteiger partial charge in [0.1, 0.15) is 5.75 Å². The lowest BCUT2D eigenvalue weighted by atomic mass is 10.1. The molecule has 27 heavy (non-hydrogen) atoms. The van der Waals surface area contributed by atoms with Gasteiger partial charge in [-0.3, -0.25) is 9.59 Å². The van der Waals surface area contributed by atoms with E-state index in [-0.39, 0.29) is 18.6 Å². The van der Waals surface area contributed by atoms with Gasteiger partial charge in [0.25, 0.3) is 11.8 Å². The smallest absolute Gasteiger partial charge is 0.258 e. The largest absolute Gasteiger partial charge is 0.467 e. The van der Waals surface area contributed by atoms with Crippen LogP contribution in [0.25, 0.3) is 0 Å². The predicted molar refractivity (Wildman–Crippen MR) is 97.6 cm³/mol. The van der Waals surface area contributed by atoms with Crippen LogP contribution < -0.4 is 10.1 Å². The van der Waals surface area contributed by atoms with Gasteiger partial charge in [0.05, 0.1) is 13.2 Å². The van der Waals surface area contributed by atoms with Crippen molar-refractivity contribution >= 4 is 17.5 Å². The van der Waals surface area contributed by atoms with Crippen LogP contribution in [0.15, 0.2) is 48.5 Å². The summed E-state index contributed by atoms with van der Waals surface area (Å²) in [5, 5.41) is 2.84. The summed E-state index contributed by atoms with van der Waals surface area (Å²) in [4.78, 5) is 27.1. The molecule has 0 aliphatic carbocycles. The molecule has 2 aliphatic rings. The van der Waals surface area contributed by atoms with E-state index in [1.807, 2.05) is 12.1 Å². The van der Waals surface area contributed by atoms with Gasteiger partial charge < -0.3 is 24.4 Å². The summed E-state index contributed by atoms with van der Waals surface area (Å²) in [6.45, 7) is 2.25. The van der Waals surface area contributed by atoms with Crippen LogP contribution in [0.3, 0.4) is 0 Å². The molecule has 2 aliphatic heterocycles. The second kappa shape index (κ2) is 7.77. The molecule has 0 spiro atoms. The van der Waals surface area contributed by atoms with Gasteiger partial charge in [-0.25, -0.2) is 0 Å². The Kier molecular flexibility index (Phi) is 5.04. The van der Waals surface area contributed by atoms with E-state index in [1.54, 1.807) is 41.3 Å². The van der Waals surface area contributed by atoms with E-state index in [0.717, 1.165) is 0 Å². The molecule has 1 atom stereocenters. The maximum atomic E-state index is 12.7. The fourth-order valence-corrected chi connectivity index (χ4v) is 3.19. The van der Waals surface area contributed by atoms with E-state index in [4.69, 9.17) is 14.2 Å². The van der Waals surface area contributed by atoms with E-state index in [0.29, 0.717) is 48.9 Å². The standard InChI is InChI=1S/C20H20N2O5/c23-19(18-16-6-1-2-7-17(16)26-13-27-18)21-15-5-3-4-14(12-15)20(24)22-8-10-25-11-9-22/h1-7,12,18H,8-11,13H2,(H,21,23). The molecule has 2 amide bonds. The molecular weight excluding hydrogens is 348 g/mol. The zero-order valence-corrected chi connectivity index (χ0v) is 14.7. The minimum Gasteiger partial charge on any atom is -0.467 e. The predicted octanol–water partition coefficient (Wildman–Crippen LogP) is 2.21. The lowest BCUT2D eigenvalue weighted by molar-refractivity contribution is -0.136. The molecule has 1 N–H and O–H groups in total. The van der Waals surface area contributed by atoms with Crippen molar-refractivity contribution in [1.82, 2.24) is 4.90 Å². The molecule has 0 bridgehead atoms. The van der Waals surface area contributed by atoms with Crippen molar-refractivity contribution in [3.8, 4) is 5.75 Å². The highest BCUT2D eigenvalue weighted by molar-refractivity contribution is 5.98. The number of ether oxygens (including phenoxy) is 3. The number of fused-ring (bicyclic) bond motifs is 1. The number of hydrogen-bond acceptors (Lipinski definition) is 5. The Hall–Kier alpha value is -2.90. The van der Waals surface area contributed by atoms with Crippen molar-refractivity contribution in [1.29, 1.82) is 0 Å². The normalized spacial score (nSPS) is 19.0. The molecule has 7 heteroatoms. The first-order valence-corrected chi connectivity index (χ1v) is 8.83. The summed E-state index contributed by atoms with van der Waals surface area (Å²) in [7, 11) is 0. The number of anilines is 1. The third-order valence-corrected chi connectivity index (χ3v) is 4.56. The van der Waals surface area contributed by atoms with Gasteiger partial charge >= 0.3 is 0 Å². The first kappa shape index (κ1) is 17.5. The van der Waals surface area contributed by atoms with Crippen LogP contribution in [0.5, 0.6) is 5.75 Å². The van der Waals surface area contributed by atoms with Gasteiger partial charge in [-0.2, -0.15) is 0 Å². The molecule has 2 heterocycles. The van der Waals surface area contributed by atoms with Crippen LogP contribution >= 0.6 is 0 Å². The van der Waals surface area contributed by atoms with Crippen molar-refractivity contribution < 1.29 is 23.8 Å². The van der Waals surface area contributed by atoms with Crippen molar-refractivity contribution in [2.45, 2.75) is 6.10 Å². The summed E-state index contributed by atoms with van der Waals surface area (Å²) in [5.74, 6) is 0.268. The van der Waals surface area contributed by atoms with E-state index in [2.05, 4.69) is 5.32 Å². The molecule has 0 saturated carbocycles. The monoisotopic (exact) mass is 368 g/mol. The van der Waals surface area contributed by atoms with Gasteiger partial charge in [-0.15, -0.1) is 0 Å². The van der Waals surface area contributed by atoms with Crippen LogP contribution in [-0.2, 0) is 14.3 Å². The van der Waals surface area contributed by atoms with E-state index in [9.17, 15) is 9.59 Å². The number of rotatable bonds is 3. The highest BCUT2D eigenvalue weighted by Crippen LogP contribution is 2.32. The highest BCUT2D eigenvalue weighted by Gasteiger charge is 2.28. The van der Waals surface area contributed by atoms with Crippen molar-refractivity contribution in [3.63, 3.8) is 0 Å². The van der Waals surface area contributed by atoms with Gasteiger partial charge in [0.2, 0.25) is 0 Å². The number of nitrogens with zero attached hydrogens (tertiary/aromatic N) is 1. The molecule has 7 nitrogen and oxygen atoms in total. The number of benzene rings is 2. The molecule has 2 aromatic carbocycles. The number of para-hydroxylation sites is 1. The molecule has 2 aromatic rings. The Morgan fingerprint density at radius 2 is 1.85 bits per heavy atom. The molecule has 1 unspecified atom stereocenters. The Morgan fingerprint density at radius 1 is 1.04 bits per heavy atom. The minimum atomic E-state index is -0.756. The SMILES string of the molecule is O=C(Nc1cccc(C(=O)N2CCOCC2)c1)C1OCOc2ccccc21. The van der Waals surface area contributed by atoms with E-state index in [1.165, 1.54) is 0 Å². The summed E-state index contributed by atoms with van der Waals surface area (Å²) in [6, 6.07) is 14.2. The summed E-state index contributed by atoms with van der Waals surface area (Å²) in [5.41, 5.74) is 1.76. The van der Waals surface area contributed by atoms with Crippen LogP contribution in [0.2, 0.25) is 0 Å². The Labute approximate surface area is 156 Å². The van der Waals surface area contributed by atoms with Crippen LogP contribution in [0.1, 0.15) is 22.0 Å². The first-order chi connectivity index (χ1) is 13.2. The number of amides is 2. The summed E-state index contributed by atoms with van der Waals surface area (Å²) >= 11 is 0. The topological polar surface area (TPSA) is 77.1 Å². The average Bonchev–Trinajstić information content (AvgIpc) is 2.73. The molecule has 4 rings (SSSR count). The molecule has 140 valence electrons. The second-order valence-electron chi connectivity index (χ2n) is 6.32. The van der Waals surface area contributed by atoms with Crippen LogP contribution in [0, 0.1) is 0 Å². The Bertz CT molecular complexity index is 848. The van der Waals surface area contributed by atoms with Crippen LogP contribution in [0.4, 0.5) is 5.69 Å².